The van der Waals surface area contributed by atoms with Crippen molar-refractivity contribution in [3.8, 4) is 11.5 Å². The minimum Gasteiger partial charge on any atom is -0.487 e. The maximum absolute atomic E-state index is 6.85. The van der Waals surface area contributed by atoms with Crippen LogP contribution in [-0.2, 0) is 20.3 Å². The van der Waals surface area contributed by atoms with Crippen LogP contribution in [0.1, 0.15) is 88.2 Å². The van der Waals surface area contributed by atoms with Gasteiger partial charge in [-0.25, -0.2) is 0 Å². The number of hydrogen-bond donors (Lipinski definition) is 0. The highest BCUT2D eigenvalue weighted by atomic mass is 16.6. The molecule has 0 aromatic heterocycles. The first-order valence-corrected chi connectivity index (χ1v) is 15.3. The van der Waals surface area contributed by atoms with E-state index in [1.54, 1.807) is 11.1 Å². The molecule has 194 valence electrons. The topological polar surface area (TPSA) is 43.5 Å². The second-order valence-electron chi connectivity index (χ2n) is 14.7. The van der Waals surface area contributed by atoms with Crippen LogP contribution in [0.3, 0.4) is 0 Å². The van der Waals surface area contributed by atoms with Crippen molar-refractivity contribution in [1.29, 1.82) is 0 Å². The first-order chi connectivity index (χ1) is 17.6. The molecule has 0 radical (unpaired) electrons. The molecule has 2 atom stereocenters. The predicted molar refractivity (Wildman–Crippen MR) is 137 cm³/mol. The molecule has 8 saturated carbocycles. The van der Waals surface area contributed by atoms with Gasteiger partial charge in [0.2, 0.25) is 0 Å². The molecule has 2 unspecified atom stereocenters. The van der Waals surface area contributed by atoms with E-state index in [0.717, 1.165) is 60.2 Å². The normalized spacial score (nSPS) is 48.9. The van der Waals surface area contributed by atoms with Gasteiger partial charge in [-0.1, -0.05) is 6.07 Å². The summed E-state index contributed by atoms with van der Waals surface area (Å²) >= 11 is 0. The van der Waals surface area contributed by atoms with Crippen LogP contribution >= 0.6 is 0 Å². The van der Waals surface area contributed by atoms with Gasteiger partial charge in [0.25, 0.3) is 0 Å². The van der Waals surface area contributed by atoms with Gasteiger partial charge in [-0.2, -0.15) is 0 Å². The average Bonchev–Trinajstić information content (AvgIpc) is 3.75. The highest BCUT2D eigenvalue weighted by molar-refractivity contribution is 5.58. The highest BCUT2D eigenvalue weighted by Crippen LogP contribution is 2.67. The third-order valence-electron chi connectivity index (χ3n) is 11.9. The molecule has 8 bridgehead atoms. The zero-order valence-electron chi connectivity index (χ0n) is 21.7. The maximum atomic E-state index is 6.85. The van der Waals surface area contributed by atoms with E-state index in [2.05, 4.69) is 12.1 Å². The van der Waals surface area contributed by atoms with Gasteiger partial charge in [-0.3, -0.25) is 0 Å². The number of hydrogen-bond acceptors (Lipinski definition) is 4. The van der Waals surface area contributed by atoms with Crippen molar-refractivity contribution in [1.82, 2.24) is 0 Å². The summed E-state index contributed by atoms with van der Waals surface area (Å²) in [6.07, 6.45) is 17.8. The van der Waals surface area contributed by atoms with E-state index >= 15 is 0 Å². The number of epoxide rings is 2. The Labute approximate surface area is 215 Å². The Bertz CT molecular complexity index is 982. The van der Waals surface area contributed by atoms with Crippen LogP contribution in [0.25, 0.3) is 0 Å². The molecular weight excluding hydrogens is 448 g/mol. The van der Waals surface area contributed by atoms with Gasteiger partial charge in [-0.05, 0) is 130 Å². The van der Waals surface area contributed by atoms with Gasteiger partial charge in [0.05, 0.1) is 13.2 Å². The Morgan fingerprint density at radius 1 is 0.611 bits per heavy atom. The lowest BCUT2D eigenvalue weighted by Gasteiger charge is -2.61. The second kappa shape index (κ2) is 7.65. The van der Waals surface area contributed by atoms with Crippen molar-refractivity contribution < 1.29 is 18.9 Å². The molecule has 10 fully saturated rings. The van der Waals surface area contributed by atoms with Crippen molar-refractivity contribution in [3.05, 3.63) is 23.3 Å². The molecule has 2 aliphatic heterocycles. The third kappa shape index (κ3) is 3.45. The molecule has 8 aliphatic carbocycles. The van der Waals surface area contributed by atoms with Crippen LogP contribution in [0, 0.1) is 35.5 Å². The molecular formula is C32H42O4. The Hall–Kier alpha value is -1.26. The van der Waals surface area contributed by atoms with Gasteiger partial charge in [0.1, 0.15) is 25.4 Å². The minimum absolute atomic E-state index is 0.260. The summed E-state index contributed by atoms with van der Waals surface area (Å²) in [5.41, 5.74) is 3.99. The molecule has 0 amide bonds. The van der Waals surface area contributed by atoms with Crippen LogP contribution in [0.5, 0.6) is 11.5 Å². The Balaban J connectivity index is 1.21. The second-order valence-corrected chi connectivity index (χ2v) is 14.7. The molecule has 2 saturated heterocycles. The molecule has 36 heavy (non-hydrogen) atoms. The van der Waals surface area contributed by atoms with E-state index in [1.165, 1.54) is 77.0 Å². The summed E-state index contributed by atoms with van der Waals surface area (Å²) in [7, 11) is 0. The Morgan fingerprint density at radius 3 is 1.53 bits per heavy atom. The molecule has 4 nitrogen and oxygen atoms in total. The van der Waals surface area contributed by atoms with E-state index in [1.807, 2.05) is 0 Å². The lowest BCUT2D eigenvalue weighted by Crippen LogP contribution is -2.52. The fraction of sp³-hybridized carbons (Fsp3) is 0.812. The fourth-order valence-electron chi connectivity index (χ4n) is 11.3. The molecule has 10 aliphatic rings. The first-order valence-electron chi connectivity index (χ1n) is 15.3. The lowest BCUT2D eigenvalue weighted by atomic mass is 9.44. The monoisotopic (exact) mass is 490 g/mol. The maximum Gasteiger partial charge on any atom is 0.165 e. The smallest absolute Gasteiger partial charge is 0.165 e. The molecule has 2 heterocycles. The lowest BCUT2D eigenvalue weighted by molar-refractivity contribution is -0.0186. The molecule has 0 spiro atoms. The van der Waals surface area contributed by atoms with Crippen molar-refractivity contribution in [2.24, 2.45) is 35.5 Å². The molecule has 11 rings (SSSR count). The van der Waals surface area contributed by atoms with E-state index < -0.39 is 0 Å². The minimum atomic E-state index is 0.260. The van der Waals surface area contributed by atoms with Crippen molar-refractivity contribution in [2.75, 3.05) is 26.4 Å². The SMILES string of the molecule is c1cc(C23CC4CC(CC(C4)C2)C3)c(C23CC4CC(CC(C4)C2)C3)c(OCC2CO2)c1OCC1CO1. The number of rotatable bonds is 8. The van der Waals surface area contributed by atoms with Crippen LogP contribution in [0.2, 0.25) is 0 Å². The van der Waals surface area contributed by atoms with E-state index in [0.29, 0.717) is 24.0 Å². The van der Waals surface area contributed by atoms with Crippen molar-refractivity contribution in [3.63, 3.8) is 0 Å². The molecule has 0 N–H and O–H groups in total. The first kappa shape index (κ1) is 21.6. The van der Waals surface area contributed by atoms with E-state index in [4.69, 9.17) is 18.9 Å². The Morgan fingerprint density at radius 2 is 1.06 bits per heavy atom. The van der Waals surface area contributed by atoms with Gasteiger partial charge in [-0.15, -0.1) is 0 Å². The third-order valence-corrected chi connectivity index (χ3v) is 11.9. The van der Waals surface area contributed by atoms with Crippen LogP contribution in [-0.4, -0.2) is 38.6 Å². The van der Waals surface area contributed by atoms with E-state index in [9.17, 15) is 0 Å². The van der Waals surface area contributed by atoms with Gasteiger partial charge >= 0.3 is 0 Å². The summed E-state index contributed by atoms with van der Waals surface area (Å²) in [5, 5.41) is 0. The summed E-state index contributed by atoms with van der Waals surface area (Å²) < 4.78 is 24.5. The summed E-state index contributed by atoms with van der Waals surface area (Å²) in [5.74, 6) is 7.71. The standard InChI is InChI=1S/C32H42O4/c1-2-28(35-17-25-15-33-25)30(36-18-26-16-34-26)29(32-12-22-6-23(13-32)8-24(7-22)14-32)27(1)31-9-19-3-20(10-31)5-21(4-19)11-31/h1-2,19-26H,3-18H2. The number of ether oxygens (including phenoxy) is 4. The molecule has 1 aromatic rings. The summed E-state index contributed by atoms with van der Waals surface area (Å²) in [6, 6.07) is 4.84. The fourth-order valence-corrected chi connectivity index (χ4v) is 11.3. The Kier molecular flexibility index (Phi) is 4.60. The summed E-state index contributed by atoms with van der Waals surface area (Å²) in [6.45, 7) is 2.99. The van der Waals surface area contributed by atoms with Crippen LogP contribution < -0.4 is 9.47 Å². The quantitative estimate of drug-likeness (QED) is 0.408. The van der Waals surface area contributed by atoms with Gasteiger partial charge in [0, 0.05) is 11.0 Å². The molecule has 1 aromatic carbocycles. The van der Waals surface area contributed by atoms with Gasteiger partial charge < -0.3 is 18.9 Å². The molecule has 4 heteroatoms. The predicted octanol–water partition coefficient (Wildman–Crippen LogP) is 6.18. The highest BCUT2D eigenvalue weighted by Gasteiger charge is 2.58. The van der Waals surface area contributed by atoms with Crippen molar-refractivity contribution in [2.45, 2.75) is 100 Å². The summed E-state index contributed by atoms with van der Waals surface area (Å²) in [4.78, 5) is 0. The zero-order valence-corrected chi connectivity index (χ0v) is 21.7. The van der Waals surface area contributed by atoms with Crippen molar-refractivity contribution >= 4 is 0 Å². The average molecular weight is 491 g/mol. The van der Waals surface area contributed by atoms with Crippen LogP contribution in [0.4, 0.5) is 0 Å². The van der Waals surface area contributed by atoms with Gasteiger partial charge in [0.15, 0.2) is 11.5 Å². The number of benzene rings is 1. The van der Waals surface area contributed by atoms with Crippen LogP contribution in [0.15, 0.2) is 12.1 Å². The zero-order chi connectivity index (χ0) is 23.5. The van der Waals surface area contributed by atoms with E-state index in [-0.39, 0.29) is 12.2 Å². The largest absolute Gasteiger partial charge is 0.487 e.